The summed E-state index contributed by atoms with van der Waals surface area (Å²) in [5, 5.41) is 24.0. The monoisotopic (exact) mass is 719 g/mol. The standard InChI is InChI=1S/C23H18FN5O13S4/c1-10-2-4-15(16(6-10)44(34,35)36)27-29-22-18(46(40,41)42)8-11-7-17(45(37,38)39)21(20(25)19(11)23(22)30)28-26-14-5-3-12(9-13(14)24)43(31,32)33/h2-9,30H,25H2,1H3,(H,31,32,33)(H,34,35,36)(H,37,38,39)(H,40,41,42). The van der Waals surface area contributed by atoms with Gasteiger partial charge in [0.1, 0.15) is 37.4 Å². The van der Waals surface area contributed by atoms with Gasteiger partial charge >= 0.3 is 0 Å². The van der Waals surface area contributed by atoms with Crippen LogP contribution in [0.1, 0.15) is 5.56 Å². The molecule has 7 N–H and O–H groups in total. The lowest BCUT2D eigenvalue weighted by Gasteiger charge is -2.14. The minimum absolute atomic E-state index is 0.358. The molecule has 4 rings (SSSR count). The summed E-state index contributed by atoms with van der Waals surface area (Å²) in [6.45, 7) is 1.47. The highest BCUT2D eigenvalue weighted by atomic mass is 32.2. The maximum Gasteiger partial charge on any atom is 0.296 e. The van der Waals surface area contributed by atoms with Crippen molar-refractivity contribution in [1.82, 2.24) is 0 Å². The molecular formula is C23H18FN5O13S4. The van der Waals surface area contributed by atoms with E-state index in [4.69, 9.17) is 10.3 Å². The lowest BCUT2D eigenvalue weighted by molar-refractivity contribution is 0.472. The van der Waals surface area contributed by atoms with Gasteiger partial charge in [-0.1, -0.05) is 6.07 Å². The number of aromatic hydroxyl groups is 1. The zero-order valence-electron chi connectivity index (χ0n) is 22.5. The van der Waals surface area contributed by atoms with Gasteiger partial charge in [0, 0.05) is 0 Å². The van der Waals surface area contributed by atoms with E-state index in [0.29, 0.717) is 23.8 Å². The van der Waals surface area contributed by atoms with Gasteiger partial charge in [0.25, 0.3) is 40.5 Å². The fraction of sp³-hybridized carbons (Fsp3) is 0.0435. The van der Waals surface area contributed by atoms with E-state index in [0.717, 1.165) is 24.3 Å². The molecule has 0 aliphatic carbocycles. The highest BCUT2D eigenvalue weighted by Crippen LogP contribution is 2.48. The summed E-state index contributed by atoms with van der Waals surface area (Å²) in [5.74, 6) is -2.57. The summed E-state index contributed by atoms with van der Waals surface area (Å²) in [5.41, 5.74) is 2.29. The van der Waals surface area contributed by atoms with Gasteiger partial charge in [-0.3, -0.25) is 18.2 Å². The van der Waals surface area contributed by atoms with Crippen LogP contribution in [0.15, 0.2) is 88.6 Å². The van der Waals surface area contributed by atoms with Crippen LogP contribution >= 0.6 is 0 Å². The number of nitrogen functional groups attached to an aromatic ring is 1. The molecule has 0 radical (unpaired) electrons. The van der Waals surface area contributed by atoms with Crippen LogP contribution in [0.2, 0.25) is 0 Å². The molecule has 0 aliphatic heterocycles. The molecule has 4 aromatic rings. The molecule has 0 atom stereocenters. The minimum Gasteiger partial charge on any atom is -0.505 e. The van der Waals surface area contributed by atoms with Crippen molar-refractivity contribution in [3.05, 3.63) is 59.9 Å². The van der Waals surface area contributed by atoms with Gasteiger partial charge in [-0.2, -0.15) is 33.7 Å². The second kappa shape index (κ2) is 11.7. The maximum atomic E-state index is 14.5. The Morgan fingerprint density at radius 2 is 1.13 bits per heavy atom. The van der Waals surface area contributed by atoms with Gasteiger partial charge < -0.3 is 10.8 Å². The smallest absolute Gasteiger partial charge is 0.296 e. The fourth-order valence-corrected chi connectivity index (χ4v) is 6.48. The second-order valence-electron chi connectivity index (χ2n) is 9.19. The molecule has 0 unspecified atom stereocenters. The number of rotatable bonds is 8. The predicted octanol–water partition coefficient (Wildman–Crippen LogP) is 4.39. The number of halogens is 1. The normalized spacial score (nSPS) is 13.3. The van der Waals surface area contributed by atoms with Gasteiger partial charge in [0.05, 0.1) is 16.0 Å². The third-order valence-corrected chi connectivity index (χ3v) is 9.46. The first-order valence-corrected chi connectivity index (χ1v) is 17.5. The number of phenols is 1. The van der Waals surface area contributed by atoms with Crippen molar-refractivity contribution in [2.75, 3.05) is 5.73 Å². The van der Waals surface area contributed by atoms with Crippen LogP contribution in [0.4, 0.5) is 32.8 Å². The van der Waals surface area contributed by atoms with E-state index in [1.165, 1.54) is 13.0 Å². The molecule has 0 heterocycles. The lowest BCUT2D eigenvalue weighted by atomic mass is 10.1. The lowest BCUT2D eigenvalue weighted by Crippen LogP contribution is -2.04. The van der Waals surface area contributed by atoms with Crippen molar-refractivity contribution in [2.45, 2.75) is 26.5 Å². The molecule has 0 amide bonds. The number of benzene rings is 4. The van der Waals surface area contributed by atoms with Gasteiger partial charge in [-0.05, 0) is 60.3 Å². The highest BCUT2D eigenvalue weighted by molar-refractivity contribution is 7.86. The Morgan fingerprint density at radius 1 is 0.630 bits per heavy atom. The number of hydrogen-bond donors (Lipinski definition) is 6. The summed E-state index contributed by atoms with van der Waals surface area (Å²) < 4.78 is 148. The zero-order valence-corrected chi connectivity index (χ0v) is 25.8. The van der Waals surface area contributed by atoms with Crippen LogP contribution in [0.3, 0.4) is 0 Å². The molecule has 0 bridgehead atoms. The third-order valence-electron chi connectivity index (χ3n) is 6.00. The number of anilines is 1. The van der Waals surface area contributed by atoms with Crippen molar-refractivity contribution in [2.24, 2.45) is 20.5 Å². The molecule has 23 heteroatoms. The van der Waals surface area contributed by atoms with Gasteiger partial charge in [-0.15, -0.1) is 20.5 Å². The molecule has 0 aromatic heterocycles. The quantitative estimate of drug-likeness (QED) is 0.0836. The van der Waals surface area contributed by atoms with Gasteiger partial charge in [0.15, 0.2) is 11.6 Å². The molecule has 0 spiro atoms. The zero-order chi connectivity index (χ0) is 34.6. The minimum atomic E-state index is -5.31. The van der Waals surface area contributed by atoms with Crippen LogP contribution < -0.4 is 5.73 Å². The molecule has 0 aliphatic rings. The number of phenolic OH excluding ortho intramolecular Hbond substituents is 1. The average molecular weight is 720 g/mol. The summed E-state index contributed by atoms with van der Waals surface area (Å²) in [6, 6.07) is 6.35. The first-order chi connectivity index (χ1) is 21.0. The largest absolute Gasteiger partial charge is 0.505 e. The first kappa shape index (κ1) is 34.4. The summed E-state index contributed by atoms with van der Waals surface area (Å²) in [7, 11) is -20.3. The van der Waals surface area contributed by atoms with E-state index in [1.807, 2.05) is 0 Å². The second-order valence-corrected chi connectivity index (χ2v) is 14.8. The van der Waals surface area contributed by atoms with Crippen molar-refractivity contribution >= 4 is 79.7 Å². The molecule has 0 fully saturated rings. The van der Waals surface area contributed by atoms with E-state index in [-0.39, 0.29) is 0 Å². The third kappa shape index (κ3) is 7.00. The first-order valence-electron chi connectivity index (χ1n) is 11.8. The number of fused-ring (bicyclic) bond motifs is 1. The van der Waals surface area contributed by atoms with E-state index < -0.39 is 111 Å². The molecule has 0 saturated carbocycles. The number of nitrogens with two attached hydrogens (primary N) is 1. The molecule has 0 saturated heterocycles. The Labute approximate surface area is 258 Å². The van der Waals surface area contributed by atoms with Crippen molar-refractivity contribution in [3.8, 4) is 5.75 Å². The van der Waals surface area contributed by atoms with E-state index in [9.17, 15) is 56.8 Å². The average Bonchev–Trinajstić information content (AvgIpc) is 2.90. The predicted molar refractivity (Wildman–Crippen MR) is 155 cm³/mol. The van der Waals surface area contributed by atoms with Crippen molar-refractivity contribution in [3.63, 3.8) is 0 Å². The Balaban J connectivity index is 2.03. The Hall–Kier alpha value is -4.49. The van der Waals surface area contributed by atoms with Gasteiger partial charge in [-0.25, -0.2) is 4.39 Å². The van der Waals surface area contributed by atoms with E-state index >= 15 is 0 Å². The molecule has 244 valence electrons. The fourth-order valence-electron chi connectivity index (χ4n) is 3.95. The summed E-state index contributed by atoms with van der Waals surface area (Å²) >= 11 is 0. The van der Waals surface area contributed by atoms with Crippen LogP contribution in [0, 0.1) is 12.7 Å². The number of azo groups is 2. The van der Waals surface area contributed by atoms with E-state index in [1.54, 1.807) is 0 Å². The van der Waals surface area contributed by atoms with Crippen LogP contribution in [-0.4, -0.2) is 57.0 Å². The summed E-state index contributed by atoms with van der Waals surface area (Å²) in [4.78, 5) is -3.97. The van der Waals surface area contributed by atoms with Crippen molar-refractivity contribution in [1.29, 1.82) is 0 Å². The van der Waals surface area contributed by atoms with Crippen LogP contribution in [-0.2, 0) is 40.5 Å². The van der Waals surface area contributed by atoms with Crippen LogP contribution in [0.5, 0.6) is 5.75 Å². The molecule has 46 heavy (non-hydrogen) atoms. The van der Waals surface area contributed by atoms with Crippen LogP contribution in [0.25, 0.3) is 10.8 Å². The van der Waals surface area contributed by atoms with E-state index in [2.05, 4.69) is 20.5 Å². The molecule has 18 nitrogen and oxygen atoms in total. The molecule has 4 aromatic carbocycles. The molecular weight excluding hydrogens is 702 g/mol. The number of nitrogens with zero attached hydrogens (tertiary/aromatic N) is 4. The number of hydrogen-bond acceptors (Lipinski definition) is 14. The maximum absolute atomic E-state index is 14.5. The SMILES string of the molecule is Cc1ccc(N=Nc2c(S(=O)(=O)O)cc3cc(S(=O)(=O)O)c(N=Nc4ccc(S(=O)(=O)O)cc4F)c(N)c3c2O)c(S(=O)(=O)O)c1. The Morgan fingerprint density at radius 3 is 1.65 bits per heavy atom. The highest BCUT2D eigenvalue weighted by Gasteiger charge is 2.28. The Bertz CT molecular complexity index is 2470. The summed E-state index contributed by atoms with van der Waals surface area (Å²) in [6.07, 6.45) is 0. The Kier molecular flexibility index (Phi) is 8.75. The van der Waals surface area contributed by atoms with Gasteiger partial charge in [0.2, 0.25) is 0 Å². The topological polar surface area (TPSA) is 313 Å². The van der Waals surface area contributed by atoms with Crippen molar-refractivity contribution < 1.29 is 61.4 Å². The number of aryl methyl sites for hydroxylation is 1.